The molecule has 0 unspecified atom stereocenters. The molecule has 0 atom stereocenters. The normalized spacial score (nSPS) is 10.8. The van der Waals surface area contributed by atoms with Gasteiger partial charge in [-0.05, 0) is 25.1 Å². The largest absolute Gasteiger partial charge is 0.364 e. The van der Waals surface area contributed by atoms with Gasteiger partial charge in [0.05, 0.1) is 0 Å². The van der Waals surface area contributed by atoms with Crippen LogP contribution in [0.1, 0.15) is 142 Å². The van der Waals surface area contributed by atoms with E-state index in [-0.39, 0.29) is 6.03 Å². The summed E-state index contributed by atoms with van der Waals surface area (Å²) in [5.74, 6) is 0. The average Bonchev–Trinajstić information content (AvgIpc) is 2.85. The highest BCUT2D eigenvalue weighted by Gasteiger charge is 2.22. The van der Waals surface area contributed by atoms with Crippen LogP contribution in [-0.2, 0) is 0 Å². The monoisotopic (exact) mass is 498 g/mol. The molecular weight excluding hydrogens is 440 g/mol. The Kier molecular flexibility index (Phi) is 24.3. The average molecular weight is 499 g/mol. The lowest BCUT2D eigenvalue weighted by molar-refractivity contribution is 0.0757. The number of urea groups is 1. The number of thiocarbonyl (C=S) groups is 1. The minimum absolute atomic E-state index is 0.0689. The van der Waals surface area contributed by atoms with Gasteiger partial charge in [-0.3, -0.25) is 5.01 Å². The van der Waals surface area contributed by atoms with Crippen molar-refractivity contribution in [3.8, 4) is 0 Å². The molecule has 0 radical (unpaired) electrons. The van der Waals surface area contributed by atoms with Crippen LogP contribution < -0.4 is 10.6 Å². The van der Waals surface area contributed by atoms with E-state index in [2.05, 4.69) is 24.5 Å². The first-order valence-corrected chi connectivity index (χ1v) is 15.0. The predicted octanol–water partition coefficient (Wildman–Crippen LogP) is 8.19. The van der Waals surface area contributed by atoms with Crippen LogP contribution in [0.3, 0.4) is 0 Å². The van der Waals surface area contributed by atoms with E-state index in [0.29, 0.717) is 5.11 Å². The zero-order chi connectivity index (χ0) is 25.3. The molecule has 0 aliphatic carbocycles. The lowest BCUT2D eigenvalue weighted by Crippen LogP contribution is -2.55. The summed E-state index contributed by atoms with van der Waals surface area (Å²) in [6.45, 7) is 6.05. The molecule has 0 saturated heterocycles. The third-order valence-electron chi connectivity index (χ3n) is 6.63. The maximum absolute atomic E-state index is 12.6. The predicted molar refractivity (Wildman–Crippen MR) is 153 cm³/mol. The van der Waals surface area contributed by atoms with Gasteiger partial charge in [0.25, 0.3) is 0 Å². The molecule has 202 valence electrons. The molecule has 0 aliphatic heterocycles. The van der Waals surface area contributed by atoms with Gasteiger partial charge < -0.3 is 10.6 Å². The van der Waals surface area contributed by atoms with Crippen LogP contribution >= 0.6 is 12.2 Å². The van der Waals surface area contributed by atoms with E-state index in [9.17, 15) is 4.79 Å². The molecule has 5 nitrogen and oxygen atoms in total. The summed E-state index contributed by atoms with van der Waals surface area (Å²) in [4.78, 5) is 12.6. The van der Waals surface area contributed by atoms with Crippen molar-refractivity contribution in [2.45, 2.75) is 142 Å². The van der Waals surface area contributed by atoms with Gasteiger partial charge in [0.2, 0.25) is 0 Å². The van der Waals surface area contributed by atoms with Gasteiger partial charge in [0.15, 0.2) is 5.11 Å². The van der Waals surface area contributed by atoms with E-state index in [1.165, 1.54) is 116 Å². The zero-order valence-electron chi connectivity index (χ0n) is 23.3. The van der Waals surface area contributed by atoms with E-state index in [0.717, 1.165) is 25.9 Å². The Bertz CT molecular complexity index is 433. The van der Waals surface area contributed by atoms with E-state index < -0.39 is 0 Å². The molecule has 0 aliphatic rings. The molecule has 0 saturated carbocycles. The second-order valence-electron chi connectivity index (χ2n) is 9.72. The van der Waals surface area contributed by atoms with Crippen molar-refractivity contribution in [1.82, 2.24) is 20.7 Å². The number of unbranched alkanes of at least 4 members (excludes halogenated alkanes) is 18. The molecule has 0 heterocycles. The van der Waals surface area contributed by atoms with Crippen LogP contribution in [0.5, 0.6) is 0 Å². The molecule has 0 aromatic carbocycles. The van der Waals surface area contributed by atoms with Crippen molar-refractivity contribution in [2.24, 2.45) is 0 Å². The van der Waals surface area contributed by atoms with Gasteiger partial charge in [-0.25, -0.2) is 9.80 Å². The number of hydrogen-bond acceptors (Lipinski definition) is 2. The van der Waals surface area contributed by atoms with Crippen molar-refractivity contribution >= 4 is 23.4 Å². The van der Waals surface area contributed by atoms with Crippen molar-refractivity contribution < 1.29 is 4.79 Å². The molecule has 34 heavy (non-hydrogen) atoms. The minimum Gasteiger partial charge on any atom is -0.364 e. The maximum atomic E-state index is 12.6. The number of carbonyl (C=O) groups is 1. The van der Waals surface area contributed by atoms with Gasteiger partial charge in [-0.2, -0.15) is 0 Å². The highest BCUT2D eigenvalue weighted by molar-refractivity contribution is 7.80. The van der Waals surface area contributed by atoms with Crippen molar-refractivity contribution in [1.29, 1.82) is 0 Å². The molecule has 2 amide bonds. The number of amides is 2. The van der Waals surface area contributed by atoms with Crippen LogP contribution in [0.2, 0.25) is 0 Å². The van der Waals surface area contributed by atoms with E-state index >= 15 is 0 Å². The molecular formula is C28H58N4OS. The van der Waals surface area contributed by atoms with Crippen LogP contribution in [0.4, 0.5) is 4.79 Å². The Morgan fingerprint density at radius 1 is 0.529 bits per heavy atom. The summed E-state index contributed by atoms with van der Waals surface area (Å²) in [7, 11) is 3.55. The first-order chi connectivity index (χ1) is 16.6. The Balaban J connectivity index is 4.25. The quantitative estimate of drug-likeness (QED) is 0.0897. The lowest BCUT2D eigenvalue weighted by Gasteiger charge is -2.36. The summed E-state index contributed by atoms with van der Waals surface area (Å²) < 4.78 is 0. The highest BCUT2D eigenvalue weighted by atomic mass is 32.1. The number of nitrogens with zero attached hydrogens (tertiary/aromatic N) is 2. The number of rotatable bonds is 22. The minimum atomic E-state index is -0.0689. The number of nitrogens with one attached hydrogen (secondary N) is 2. The molecule has 0 aromatic heterocycles. The van der Waals surface area contributed by atoms with E-state index in [1.807, 2.05) is 17.1 Å². The molecule has 6 heteroatoms. The fourth-order valence-corrected chi connectivity index (χ4v) is 4.61. The summed E-state index contributed by atoms with van der Waals surface area (Å²) in [6.07, 6.45) is 26.0. The molecule has 0 aromatic rings. The Hall–Kier alpha value is -1.04. The van der Waals surface area contributed by atoms with Crippen molar-refractivity contribution in [2.75, 3.05) is 27.2 Å². The van der Waals surface area contributed by atoms with Gasteiger partial charge >= 0.3 is 6.03 Å². The Morgan fingerprint density at radius 3 is 1.18 bits per heavy atom. The van der Waals surface area contributed by atoms with Gasteiger partial charge in [-0.15, -0.1) is 0 Å². The molecule has 2 N–H and O–H groups in total. The smallest absolute Gasteiger partial charge is 0.336 e. The highest BCUT2D eigenvalue weighted by Crippen LogP contribution is 2.14. The number of hydrazine groups is 1. The summed E-state index contributed by atoms with van der Waals surface area (Å²) >= 11 is 5.56. The number of hydrogen-bond donors (Lipinski definition) is 2. The third-order valence-corrected chi connectivity index (χ3v) is 7.05. The maximum Gasteiger partial charge on any atom is 0.336 e. The van der Waals surface area contributed by atoms with Crippen molar-refractivity contribution in [3.63, 3.8) is 0 Å². The summed E-state index contributed by atoms with van der Waals surface area (Å²) in [6, 6.07) is -0.0689. The van der Waals surface area contributed by atoms with Crippen LogP contribution in [-0.4, -0.2) is 48.3 Å². The van der Waals surface area contributed by atoms with Gasteiger partial charge in [0, 0.05) is 27.2 Å². The molecule has 0 spiro atoms. The Morgan fingerprint density at radius 2 is 0.853 bits per heavy atom. The van der Waals surface area contributed by atoms with Crippen LogP contribution in [0.25, 0.3) is 0 Å². The fourth-order valence-electron chi connectivity index (χ4n) is 4.42. The summed E-state index contributed by atoms with van der Waals surface area (Å²) in [5, 5.41) is 10.3. The molecule has 0 rings (SSSR count). The SMILES string of the molecule is CCCCCCCCCCCCN(C(=O)NC)N(CCCCCCCCCCCC)C(=S)NC. The van der Waals surface area contributed by atoms with E-state index in [1.54, 1.807) is 7.05 Å². The van der Waals surface area contributed by atoms with Crippen molar-refractivity contribution in [3.05, 3.63) is 0 Å². The van der Waals surface area contributed by atoms with E-state index in [4.69, 9.17) is 12.2 Å². The van der Waals surface area contributed by atoms with Crippen LogP contribution in [0.15, 0.2) is 0 Å². The topological polar surface area (TPSA) is 47.6 Å². The number of carbonyl (C=O) groups excluding carboxylic acids is 1. The molecule has 0 fully saturated rings. The third kappa shape index (κ3) is 18.3. The molecule has 0 bridgehead atoms. The van der Waals surface area contributed by atoms with Gasteiger partial charge in [-0.1, -0.05) is 129 Å². The zero-order valence-corrected chi connectivity index (χ0v) is 24.1. The first kappa shape index (κ1) is 33.0. The van der Waals surface area contributed by atoms with Crippen LogP contribution in [0, 0.1) is 0 Å². The standard InChI is InChI=1S/C28H58N4OS/c1-5-7-9-11-13-15-17-19-21-23-25-31(27(33)29-3)32(28(34)30-4)26-24-22-20-18-16-14-12-10-8-6-2/h5-26H2,1-4H3,(H,29,33)(H,30,34). The Labute approximate surface area is 218 Å². The summed E-state index contributed by atoms with van der Waals surface area (Å²) in [5.41, 5.74) is 0. The fraction of sp³-hybridized carbons (Fsp3) is 0.929. The first-order valence-electron chi connectivity index (χ1n) is 14.6. The lowest BCUT2D eigenvalue weighted by atomic mass is 10.1. The second-order valence-corrected chi connectivity index (χ2v) is 10.1. The van der Waals surface area contributed by atoms with Gasteiger partial charge in [0.1, 0.15) is 0 Å². The second kappa shape index (κ2) is 25.1.